The standard InChI is InChI=1S/C22H24N6O4/c1-22(13-31-14-22)32-21(30)27-9-7-26(8-10-27)18-5-6-28-20(25-18)17(12-24-28)15-3-2-4-16(11-15)19(23)29/h2-6,11-12H,7-10,13-14H2,1H3,(H2,23,29). The maximum atomic E-state index is 12.4. The first-order chi connectivity index (χ1) is 15.4. The maximum absolute atomic E-state index is 12.4. The number of benzene rings is 1. The number of amides is 2. The zero-order chi connectivity index (χ0) is 22.3. The van der Waals surface area contributed by atoms with Gasteiger partial charge in [-0.25, -0.2) is 14.3 Å². The van der Waals surface area contributed by atoms with Crippen molar-refractivity contribution in [3.8, 4) is 11.1 Å². The third-order valence-electron chi connectivity index (χ3n) is 5.82. The molecule has 3 aromatic rings. The molecule has 10 heteroatoms. The molecule has 1 aromatic carbocycles. The van der Waals surface area contributed by atoms with Crippen LogP contribution in [0.5, 0.6) is 0 Å². The van der Waals surface area contributed by atoms with Crippen molar-refractivity contribution >= 4 is 23.5 Å². The summed E-state index contributed by atoms with van der Waals surface area (Å²) in [5, 5.41) is 4.38. The number of nitrogens with two attached hydrogens (primary N) is 1. The smallest absolute Gasteiger partial charge is 0.410 e. The minimum absolute atomic E-state index is 0.300. The van der Waals surface area contributed by atoms with Crippen LogP contribution in [0, 0.1) is 0 Å². The fraction of sp³-hybridized carbons (Fsp3) is 0.364. The zero-order valence-corrected chi connectivity index (χ0v) is 17.7. The number of nitrogens with zero attached hydrogens (tertiary/aromatic N) is 5. The van der Waals surface area contributed by atoms with Crippen molar-refractivity contribution in [2.75, 3.05) is 44.3 Å². The molecule has 32 heavy (non-hydrogen) atoms. The molecule has 10 nitrogen and oxygen atoms in total. The van der Waals surface area contributed by atoms with Crippen molar-refractivity contribution in [2.24, 2.45) is 5.73 Å². The average molecular weight is 436 g/mol. The number of hydrogen-bond acceptors (Lipinski definition) is 7. The van der Waals surface area contributed by atoms with Crippen LogP contribution in [-0.2, 0) is 9.47 Å². The Morgan fingerprint density at radius 3 is 2.62 bits per heavy atom. The van der Waals surface area contributed by atoms with Crippen molar-refractivity contribution in [1.82, 2.24) is 19.5 Å². The number of aromatic nitrogens is 3. The maximum Gasteiger partial charge on any atom is 0.410 e. The van der Waals surface area contributed by atoms with E-state index in [-0.39, 0.29) is 6.09 Å². The summed E-state index contributed by atoms with van der Waals surface area (Å²) in [5.74, 6) is 0.324. The molecular weight excluding hydrogens is 412 g/mol. The van der Waals surface area contributed by atoms with Crippen LogP contribution in [-0.4, -0.2) is 76.5 Å². The third-order valence-corrected chi connectivity index (χ3v) is 5.82. The van der Waals surface area contributed by atoms with Crippen molar-refractivity contribution in [1.29, 1.82) is 0 Å². The molecular formula is C22H24N6O4. The van der Waals surface area contributed by atoms with E-state index in [9.17, 15) is 9.59 Å². The Hall–Kier alpha value is -3.66. The number of rotatable bonds is 4. The van der Waals surface area contributed by atoms with Gasteiger partial charge in [-0.15, -0.1) is 0 Å². The van der Waals surface area contributed by atoms with Gasteiger partial charge >= 0.3 is 6.09 Å². The largest absolute Gasteiger partial charge is 0.438 e. The number of fused-ring (bicyclic) bond motifs is 1. The predicted octanol–water partition coefficient (Wildman–Crippen LogP) is 1.54. The Kier molecular flexibility index (Phi) is 4.93. The normalized spacial score (nSPS) is 17.8. The molecule has 2 aromatic heterocycles. The van der Waals surface area contributed by atoms with Gasteiger partial charge in [-0.3, -0.25) is 4.79 Å². The van der Waals surface area contributed by atoms with Gasteiger partial charge in [-0.05, 0) is 30.7 Å². The summed E-state index contributed by atoms with van der Waals surface area (Å²) in [7, 11) is 0. The van der Waals surface area contributed by atoms with Gasteiger partial charge in [0.15, 0.2) is 11.2 Å². The Labute approximate surface area is 184 Å². The number of anilines is 1. The van der Waals surface area contributed by atoms with Gasteiger partial charge in [0.1, 0.15) is 5.82 Å². The van der Waals surface area contributed by atoms with E-state index in [1.165, 1.54) is 0 Å². The molecule has 2 aliphatic rings. The van der Waals surface area contributed by atoms with Crippen molar-refractivity contribution in [2.45, 2.75) is 12.5 Å². The van der Waals surface area contributed by atoms with E-state index in [1.54, 1.807) is 33.8 Å². The van der Waals surface area contributed by atoms with Crippen molar-refractivity contribution < 1.29 is 19.1 Å². The van der Waals surface area contributed by atoms with Crippen LogP contribution in [0.1, 0.15) is 17.3 Å². The minimum atomic E-state index is -0.509. The molecule has 0 spiro atoms. The van der Waals surface area contributed by atoms with E-state index in [0.29, 0.717) is 50.6 Å². The topological polar surface area (TPSA) is 115 Å². The summed E-state index contributed by atoms with van der Waals surface area (Å²) >= 11 is 0. The SMILES string of the molecule is CC1(OC(=O)N2CCN(c3ccn4ncc(-c5cccc(C(N)=O)c5)c4n3)CC2)COC1. The van der Waals surface area contributed by atoms with Gasteiger partial charge in [0.05, 0.1) is 19.4 Å². The highest BCUT2D eigenvalue weighted by atomic mass is 16.6. The molecule has 0 unspecified atom stereocenters. The summed E-state index contributed by atoms with van der Waals surface area (Å²) in [4.78, 5) is 32.7. The molecule has 0 saturated carbocycles. The summed E-state index contributed by atoms with van der Waals surface area (Å²) < 4.78 is 12.4. The Morgan fingerprint density at radius 1 is 1.16 bits per heavy atom. The molecule has 2 saturated heterocycles. The molecule has 0 radical (unpaired) electrons. The summed E-state index contributed by atoms with van der Waals surface area (Å²) in [6.45, 7) is 5.16. The number of hydrogen-bond donors (Lipinski definition) is 1. The quantitative estimate of drug-likeness (QED) is 0.660. The van der Waals surface area contributed by atoms with Crippen LogP contribution in [0.2, 0.25) is 0 Å². The predicted molar refractivity (Wildman–Crippen MR) is 116 cm³/mol. The first-order valence-corrected chi connectivity index (χ1v) is 10.5. The molecule has 0 aliphatic carbocycles. The van der Waals surface area contributed by atoms with Crippen LogP contribution in [0.15, 0.2) is 42.7 Å². The van der Waals surface area contributed by atoms with Gasteiger partial charge in [0.25, 0.3) is 0 Å². The van der Waals surface area contributed by atoms with E-state index < -0.39 is 11.5 Å². The number of ether oxygens (including phenoxy) is 2. The third kappa shape index (κ3) is 3.73. The van der Waals surface area contributed by atoms with Gasteiger partial charge < -0.3 is 25.0 Å². The molecule has 2 aliphatic heterocycles. The number of carbonyl (C=O) groups excluding carboxylic acids is 2. The van der Waals surface area contributed by atoms with E-state index >= 15 is 0 Å². The number of primary amides is 1. The molecule has 4 heterocycles. The van der Waals surface area contributed by atoms with Gasteiger partial charge in [-0.1, -0.05) is 12.1 Å². The molecule has 2 fully saturated rings. The van der Waals surface area contributed by atoms with Gasteiger partial charge in [0.2, 0.25) is 5.91 Å². The molecule has 2 amide bonds. The first-order valence-electron chi connectivity index (χ1n) is 10.5. The molecule has 166 valence electrons. The summed E-state index contributed by atoms with van der Waals surface area (Å²) in [5.41, 5.74) is 7.67. The minimum Gasteiger partial charge on any atom is -0.438 e. The van der Waals surface area contributed by atoms with Crippen molar-refractivity contribution in [3.63, 3.8) is 0 Å². The lowest BCUT2D eigenvalue weighted by molar-refractivity contribution is -0.172. The Balaban J connectivity index is 1.32. The highest BCUT2D eigenvalue weighted by Crippen LogP contribution is 2.26. The molecule has 0 bridgehead atoms. The highest BCUT2D eigenvalue weighted by molar-refractivity contribution is 5.94. The van der Waals surface area contributed by atoms with E-state index in [1.807, 2.05) is 25.3 Å². The lowest BCUT2D eigenvalue weighted by Crippen LogP contribution is -2.55. The Morgan fingerprint density at radius 2 is 1.94 bits per heavy atom. The van der Waals surface area contributed by atoms with E-state index in [2.05, 4.69) is 10.00 Å². The van der Waals surface area contributed by atoms with Crippen LogP contribution < -0.4 is 10.6 Å². The average Bonchev–Trinajstić information content (AvgIpc) is 3.21. The Bertz CT molecular complexity index is 1180. The second-order valence-corrected chi connectivity index (χ2v) is 8.34. The molecule has 2 N–H and O–H groups in total. The number of carbonyl (C=O) groups is 2. The second-order valence-electron chi connectivity index (χ2n) is 8.34. The van der Waals surface area contributed by atoms with E-state index in [4.69, 9.17) is 20.2 Å². The van der Waals surface area contributed by atoms with Crippen LogP contribution in [0.3, 0.4) is 0 Å². The van der Waals surface area contributed by atoms with Crippen LogP contribution in [0.4, 0.5) is 10.6 Å². The lowest BCUT2D eigenvalue weighted by atomic mass is 10.1. The van der Waals surface area contributed by atoms with Gasteiger partial charge in [-0.2, -0.15) is 5.10 Å². The fourth-order valence-corrected chi connectivity index (χ4v) is 3.92. The monoisotopic (exact) mass is 436 g/mol. The fourth-order valence-electron chi connectivity index (χ4n) is 3.92. The molecule has 0 atom stereocenters. The lowest BCUT2D eigenvalue weighted by Gasteiger charge is -2.40. The second kappa shape index (κ2) is 7.79. The zero-order valence-electron chi connectivity index (χ0n) is 17.7. The van der Waals surface area contributed by atoms with Crippen LogP contribution in [0.25, 0.3) is 16.8 Å². The first kappa shape index (κ1) is 20.3. The number of piperazine rings is 1. The van der Waals surface area contributed by atoms with E-state index in [0.717, 1.165) is 16.9 Å². The highest BCUT2D eigenvalue weighted by Gasteiger charge is 2.39. The molecule has 5 rings (SSSR count). The van der Waals surface area contributed by atoms with Crippen molar-refractivity contribution in [3.05, 3.63) is 48.3 Å². The summed E-state index contributed by atoms with van der Waals surface area (Å²) in [6, 6.07) is 9.02. The van der Waals surface area contributed by atoms with Gasteiger partial charge in [0, 0.05) is 43.5 Å². The van der Waals surface area contributed by atoms with Crippen LogP contribution >= 0.6 is 0 Å². The summed E-state index contributed by atoms with van der Waals surface area (Å²) in [6.07, 6.45) is 3.29.